The molecule has 1 unspecified atom stereocenters. The van der Waals surface area contributed by atoms with Gasteiger partial charge in [0.1, 0.15) is 5.75 Å². The van der Waals surface area contributed by atoms with Gasteiger partial charge in [0.25, 0.3) is 0 Å². The Morgan fingerprint density at radius 3 is 2.38 bits per heavy atom. The van der Waals surface area contributed by atoms with Crippen molar-refractivity contribution in [2.24, 2.45) is 10.9 Å². The quantitative estimate of drug-likeness (QED) is 0.600. The van der Waals surface area contributed by atoms with Crippen molar-refractivity contribution >= 4 is 5.96 Å². The summed E-state index contributed by atoms with van der Waals surface area (Å²) in [6, 6.07) is 8.56. The van der Waals surface area contributed by atoms with Crippen LogP contribution in [0.5, 0.6) is 5.75 Å². The molecule has 0 radical (unpaired) electrons. The van der Waals surface area contributed by atoms with Crippen LogP contribution in [0.15, 0.2) is 29.3 Å². The van der Waals surface area contributed by atoms with Crippen LogP contribution in [-0.2, 0) is 6.42 Å². The van der Waals surface area contributed by atoms with Crippen molar-refractivity contribution in [3.05, 3.63) is 29.8 Å². The number of hydrogen-bond acceptors (Lipinski definition) is 2. The van der Waals surface area contributed by atoms with Crippen molar-refractivity contribution in [1.29, 1.82) is 0 Å². The van der Waals surface area contributed by atoms with E-state index in [0.717, 1.165) is 31.2 Å². The maximum Gasteiger partial charge on any atom is 0.191 e. The van der Waals surface area contributed by atoms with Crippen molar-refractivity contribution in [2.75, 3.05) is 20.2 Å². The molecule has 4 nitrogen and oxygen atoms in total. The van der Waals surface area contributed by atoms with Crippen LogP contribution in [0.2, 0.25) is 0 Å². The highest BCUT2D eigenvalue weighted by atomic mass is 16.5. The van der Waals surface area contributed by atoms with E-state index in [9.17, 15) is 0 Å². The Morgan fingerprint density at radius 2 is 1.86 bits per heavy atom. The molecule has 0 aliphatic heterocycles. The van der Waals surface area contributed by atoms with Gasteiger partial charge in [-0.2, -0.15) is 0 Å². The maximum absolute atomic E-state index is 5.16. The first kappa shape index (κ1) is 17.3. The monoisotopic (exact) mass is 291 g/mol. The topological polar surface area (TPSA) is 45.7 Å². The molecule has 1 aromatic rings. The minimum absolute atomic E-state index is 0.406. The molecule has 0 bridgehead atoms. The third-order valence-corrected chi connectivity index (χ3v) is 3.54. The van der Waals surface area contributed by atoms with Crippen molar-refractivity contribution in [2.45, 2.75) is 40.2 Å². The molecular formula is C17H29N3O. The Labute approximate surface area is 129 Å². The van der Waals surface area contributed by atoms with Crippen LogP contribution in [0.1, 0.15) is 33.3 Å². The van der Waals surface area contributed by atoms with Crippen molar-refractivity contribution in [3.63, 3.8) is 0 Å². The van der Waals surface area contributed by atoms with Gasteiger partial charge in [-0.1, -0.05) is 26.0 Å². The molecule has 1 aromatic carbocycles. The Bertz CT molecular complexity index is 426. The van der Waals surface area contributed by atoms with Gasteiger partial charge in [-0.05, 0) is 43.9 Å². The summed E-state index contributed by atoms with van der Waals surface area (Å²) in [6.07, 6.45) is 0.927. The first-order valence-electron chi connectivity index (χ1n) is 7.74. The number of hydrogen-bond donors (Lipinski definition) is 2. The average molecular weight is 291 g/mol. The number of nitrogens with one attached hydrogen (secondary N) is 2. The molecule has 1 atom stereocenters. The zero-order valence-corrected chi connectivity index (χ0v) is 13.9. The third kappa shape index (κ3) is 6.52. The SMILES string of the molecule is CCNC(=NCCc1ccc(OC)cc1)NC(C)C(C)C. The largest absolute Gasteiger partial charge is 0.497 e. The minimum atomic E-state index is 0.406. The summed E-state index contributed by atoms with van der Waals surface area (Å²) in [6.45, 7) is 10.3. The number of aliphatic imine (C=N–C) groups is 1. The zero-order chi connectivity index (χ0) is 15.7. The number of methoxy groups -OCH3 is 1. The van der Waals surface area contributed by atoms with E-state index in [0.29, 0.717) is 12.0 Å². The fourth-order valence-corrected chi connectivity index (χ4v) is 1.79. The van der Waals surface area contributed by atoms with E-state index >= 15 is 0 Å². The van der Waals surface area contributed by atoms with Crippen LogP contribution >= 0.6 is 0 Å². The maximum atomic E-state index is 5.16. The Kier molecular flexibility index (Phi) is 7.65. The number of benzene rings is 1. The number of guanidine groups is 1. The molecule has 2 N–H and O–H groups in total. The molecule has 4 heteroatoms. The number of nitrogens with zero attached hydrogens (tertiary/aromatic N) is 1. The van der Waals surface area contributed by atoms with Crippen LogP contribution in [0.25, 0.3) is 0 Å². The highest BCUT2D eigenvalue weighted by Gasteiger charge is 2.08. The predicted molar refractivity (Wildman–Crippen MR) is 90.1 cm³/mol. The highest BCUT2D eigenvalue weighted by Crippen LogP contribution is 2.11. The van der Waals surface area contributed by atoms with Gasteiger partial charge in [-0.3, -0.25) is 4.99 Å². The summed E-state index contributed by atoms with van der Waals surface area (Å²) < 4.78 is 5.16. The summed E-state index contributed by atoms with van der Waals surface area (Å²) in [4.78, 5) is 4.64. The standard InChI is InChI=1S/C17H29N3O/c1-6-18-17(20-14(4)13(2)3)19-12-11-15-7-9-16(21-5)10-8-15/h7-10,13-14H,6,11-12H2,1-5H3,(H2,18,19,20). The molecule has 0 amide bonds. The fourth-order valence-electron chi connectivity index (χ4n) is 1.79. The van der Waals surface area contributed by atoms with Crippen molar-refractivity contribution in [3.8, 4) is 5.75 Å². The first-order valence-corrected chi connectivity index (χ1v) is 7.74. The summed E-state index contributed by atoms with van der Waals surface area (Å²) >= 11 is 0. The normalized spacial score (nSPS) is 13.1. The molecule has 0 saturated heterocycles. The van der Waals surface area contributed by atoms with Crippen molar-refractivity contribution < 1.29 is 4.74 Å². The van der Waals surface area contributed by atoms with Crippen LogP contribution in [-0.4, -0.2) is 32.2 Å². The van der Waals surface area contributed by atoms with E-state index in [-0.39, 0.29) is 0 Å². The lowest BCUT2D eigenvalue weighted by molar-refractivity contribution is 0.414. The molecule has 0 aliphatic rings. The first-order chi connectivity index (χ1) is 10.1. The van der Waals surface area contributed by atoms with Gasteiger partial charge in [0.15, 0.2) is 5.96 Å². The van der Waals surface area contributed by atoms with Gasteiger partial charge >= 0.3 is 0 Å². The Balaban J connectivity index is 2.52. The molecule has 21 heavy (non-hydrogen) atoms. The number of rotatable bonds is 7. The lowest BCUT2D eigenvalue weighted by atomic mass is 10.1. The van der Waals surface area contributed by atoms with Gasteiger partial charge in [-0.25, -0.2) is 0 Å². The van der Waals surface area contributed by atoms with Gasteiger partial charge in [0.05, 0.1) is 7.11 Å². The van der Waals surface area contributed by atoms with Crippen LogP contribution in [0.4, 0.5) is 0 Å². The molecular weight excluding hydrogens is 262 g/mol. The third-order valence-electron chi connectivity index (χ3n) is 3.54. The second kappa shape index (κ2) is 9.27. The molecule has 0 saturated carbocycles. The zero-order valence-electron chi connectivity index (χ0n) is 13.9. The fraction of sp³-hybridized carbons (Fsp3) is 0.588. The van der Waals surface area contributed by atoms with E-state index in [1.807, 2.05) is 12.1 Å². The lowest BCUT2D eigenvalue weighted by Gasteiger charge is -2.20. The molecule has 1 rings (SSSR count). The van der Waals surface area contributed by atoms with Gasteiger partial charge in [0.2, 0.25) is 0 Å². The van der Waals surface area contributed by atoms with E-state index in [1.165, 1.54) is 5.56 Å². The summed E-state index contributed by atoms with van der Waals surface area (Å²) in [7, 11) is 1.68. The summed E-state index contributed by atoms with van der Waals surface area (Å²) in [5.74, 6) is 2.37. The van der Waals surface area contributed by atoms with Crippen molar-refractivity contribution in [1.82, 2.24) is 10.6 Å². The Hall–Kier alpha value is -1.71. The van der Waals surface area contributed by atoms with Gasteiger partial charge in [-0.15, -0.1) is 0 Å². The minimum Gasteiger partial charge on any atom is -0.497 e. The smallest absolute Gasteiger partial charge is 0.191 e. The van der Waals surface area contributed by atoms with Gasteiger partial charge < -0.3 is 15.4 Å². The molecule has 0 aromatic heterocycles. The Morgan fingerprint density at radius 1 is 1.19 bits per heavy atom. The molecule has 0 aliphatic carbocycles. The summed E-state index contributed by atoms with van der Waals surface area (Å²) in [5.41, 5.74) is 1.27. The second-order valence-corrected chi connectivity index (χ2v) is 5.54. The summed E-state index contributed by atoms with van der Waals surface area (Å²) in [5, 5.41) is 6.73. The highest BCUT2D eigenvalue weighted by molar-refractivity contribution is 5.80. The van der Waals surface area contributed by atoms with Crippen LogP contribution in [0.3, 0.4) is 0 Å². The lowest BCUT2D eigenvalue weighted by Crippen LogP contribution is -2.44. The predicted octanol–water partition coefficient (Wildman–Crippen LogP) is 2.84. The molecule has 118 valence electrons. The van der Waals surface area contributed by atoms with E-state index < -0.39 is 0 Å². The average Bonchev–Trinajstić information content (AvgIpc) is 2.48. The molecule has 0 spiro atoms. The van der Waals surface area contributed by atoms with Gasteiger partial charge in [0, 0.05) is 19.1 Å². The van der Waals surface area contributed by atoms with E-state index in [4.69, 9.17) is 4.74 Å². The molecule has 0 heterocycles. The van der Waals surface area contributed by atoms with E-state index in [2.05, 4.69) is 55.5 Å². The number of ether oxygens (including phenoxy) is 1. The molecule has 0 fully saturated rings. The second-order valence-electron chi connectivity index (χ2n) is 5.54. The van der Waals surface area contributed by atoms with Crippen LogP contribution in [0, 0.1) is 5.92 Å². The van der Waals surface area contributed by atoms with E-state index in [1.54, 1.807) is 7.11 Å². The van der Waals surface area contributed by atoms with Crippen LogP contribution < -0.4 is 15.4 Å².